The zero-order chi connectivity index (χ0) is 25.3. The molecule has 1 rings (SSSR count). The molecular weight excluding hydrogens is 438 g/mol. The Hall–Kier alpha value is -3.22. The van der Waals surface area contributed by atoms with E-state index in [2.05, 4.69) is 10.6 Å². The number of hydrogen-bond acceptors (Lipinski definition) is 7. The predicted octanol–water partition coefficient (Wildman–Crippen LogP) is -1.85. The number of nitrogens with one attached hydrogen (secondary N) is 2. The molecule has 0 aliphatic carbocycles. The summed E-state index contributed by atoms with van der Waals surface area (Å²) in [6.45, 7) is 3.47. The largest absolute Gasteiger partial charge is 0.481 e. The lowest BCUT2D eigenvalue weighted by Gasteiger charge is -2.29. The van der Waals surface area contributed by atoms with E-state index < -0.39 is 72.1 Å². The van der Waals surface area contributed by atoms with Crippen molar-refractivity contribution in [2.24, 2.45) is 17.4 Å². The van der Waals surface area contributed by atoms with Crippen LogP contribution in [0.3, 0.4) is 0 Å². The third-order valence-electron chi connectivity index (χ3n) is 5.37. The van der Waals surface area contributed by atoms with Gasteiger partial charge in [-0.05, 0) is 31.6 Å². The minimum absolute atomic E-state index is 0.0150. The van der Waals surface area contributed by atoms with E-state index in [0.29, 0.717) is 6.42 Å². The average molecular weight is 472 g/mol. The first-order chi connectivity index (χ1) is 15.3. The minimum atomic E-state index is -1.28. The molecule has 1 aliphatic rings. The second-order valence-corrected chi connectivity index (χ2v) is 8.36. The molecule has 0 radical (unpaired) electrons. The van der Waals surface area contributed by atoms with Crippen LogP contribution >= 0.6 is 0 Å². The molecule has 13 nitrogen and oxygen atoms in total. The van der Waals surface area contributed by atoms with Crippen molar-refractivity contribution in [3.8, 4) is 0 Å². The summed E-state index contributed by atoms with van der Waals surface area (Å²) in [4.78, 5) is 72.8. The van der Waals surface area contributed by atoms with E-state index in [0.717, 1.165) is 4.90 Å². The number of carbonyl (C=O) groups excluding carboxylic acids is 4. The first-order valence-electron chi connectivity index (χ1n) is 10.7. The number of nitrogens with zero attached hydrogens (tertiary/aromatic N) is 1. The van der Waals surface area contributed by atoms with Gasteiger partial charge in [-0.3, -0.25) is 24.0 Å². The second-order valence-electron chi connectivity index (χ2n) is 8.36. The van der Waals surface area contributed by atoms with Crippen LogP contribution in [0.25, 0.3) is 0 Å². The molecule has 1 fully saturated rings. The third kappa shape index (κ3) is 8.67. The van der Waals surface area contributed by atoms with Crippen molar-refractivity contribution in [1.82, 2.24) is 15.5 Å². The van der Waals surface area contributed by atoms with Gasteiger partial charge in [0.2, 0.25) is 23.6 Å². The predicted molar refractivity (Wildman–Crippen MR) is 114 cm³/mol. The van der Waals surface area contributed by atoms with E-state index in [-0.39, 0.29) is 32.2 Å². The fraction of sp³-hybridized carbons (Fsp3) is 0.700. The molecule has 0 aromatic heterocycles. The summed E-state index contributed by atoms with van der Waals surface area (Å²) in [5.74, 6) is -5.54. The summed E-state index contributed by atoms with van der Waals surface area (Å²) in [6.07, 6.45) is -0.0817. The number of carbonyl (C=O) groups is 6. The van der Waals surface area contributed by atoms with Gasteiger partial charge < -0.3 is 37.2 Å². The lowest BCUT2D eigenvalue weighted by Crippen LogP contribution is -2.58. The van der Waals surface area contributed by atoms with E-state index in [1.165, 1.54) is 0 Å². The van der Waals surface area contributed by atoms with Gasteiger partial charge in [0.05, 0.1) is 6.04 Å². The number of rotatable bonds is 13. The number of likely N-dealkylation sites (tertiary alicyclic amines) is 1. The topological polar surface area (TPSA) is 222 Å². The molecule has 13 heteroatoms. The zero-order valence-corrected chi connectivity index (χ0v) is 18.8. The number of amides is 4. The maximum absolute atomic E-state index is 13.0. The molecule has 0 saturated carbocycles. The van der Waals surface area contributed by atoms with Crippen molar-refractivity contribution >= 4 is 35.6 Å². The van der Waals surface area contributed by atoms with Gasteiger partial charge >= 0.3 is 11.9 Å². The third-order valence-corrected chi connectivity index (χ3v) is 5.37. The van der Waals surface area contributed by atoms with E-state index >= 15 is 0 Å². The van der Waals surface area contributed by atoms with Crippen molar-refractivity contribution in [1.29, 1.82) is 0 Å². The maximum Gasteiger partial charge on any atom is 0.326 e. The molecule has 0 bridgehead atoms. The molecule has 0 aromatic rings. The van der Waals surface area contributed by atoms with Gasteiger partial charge in [-0.15, -0.1) is 0 Å². The van der Waals surface area contributed by atoms with Gasteiger partial charge in [0.25, 0.3) is 0 Å². The van der Waals surface area contributed by atoms with Crippen LogP contribution in [0.4, 0.5) is 0 Å². The van der Waals surface area contributed by atoms with Gasteiger partial charge in [-0.1, -0.05) is 13.8 Å². The standard InChI is InChI=1S/C20H33N5O8/c1-10(2)16(24-17(29)11(21)5-7-14(22)26)18(30)23-12(6-8-15(27)28)19(31)25-9-3-4-13(25)20(32)33/h10-13,16H,3-9,21H2,1-2H3,(H2,22,26)(H,23,30)(H,24,29)(H,27,28)(H,32,33). The zero-order valence-electron chi connectivity index (χ0n) is 18.8. The summed E-state index contributed by atoms with van der Waals surface area (Å²) in [6, 6.07) is -4.52. The van der Waals surface area contributed by atoms with Crippen molar-refractivity contribution in [3.05, 3.63) is 0 Å². The van der Waals surface area contributed by atoms with Crippen LogP contribution in [0.2, 0.25) is 0 Å². The smallest absolute Gasteiger partial charge is 0.326 e. The summed E-state index contributed by atoms with van der Waals surface area (Å²) in [7, 11) is 0. The summed E-state index contributed by atoms with van der Waals surface area (Å²) < 4.78 is 0. The van der Waals surface area contributed by atoms with Crippen LogP contribution in [-0.4, -0.2) is 81.4 Å². The molecule has 4 atom stereocenters. The lowest BCUT2D eigenvalue weighted by molar-refractivity contribution is -0.150. The minimum Gasteiger partial charge on any atom is -0.481 e. The van der Waals surface area contributed by atoms with Crippen molar-refractivity contribution < 1.29 is 39.0 Å². The highest BCUT2D eigenvalue weighted by Crippen LogP contribution is 2.20. The van der Waals surface area contributed by atoms with E-state index in [4.69, 9.17) is 16.6 Å². The van der Waals surface area contributed by atoms with Crippen LogP contribution in [0.15, 0.2) is 0 Å². The highest BCUT2D eigenvalue weighted by molar-refractivity contribution is 5.94. The summed E-state index contributed by atoms with van der Waals surface area (Å²) >= 11 is 0. The molecule has 33 heavy (non-hydrogen) atoms. The SMILES string of the molecule is CC(C)C(NC(=O)C(N)CCC(N)=O)C(=O)NC(CCC(=O)O)C(=O)N1CCCC1C(=O)O. The van der Waals surface area contributed by atoms with Gasteiger partial charge in [-0.25, -0.2) is 4.79 Å². The molecule has 4 amide bonds. The molecule has 0 spiro atoms. The quantitative estimate of drug-likeness (QED) is 0.177. The second kappa shape index (κ2) is 12.7. The molecule has 186 valence electrons. The first kappa shape index (κ1) is 27.8. The molecule has 1 saturated heterocycles. The summed E-state index contributed by atoms with van der Waals surface area (Å²) in [5.41, 5.74) is 10.8. The van der Waals surface area contributed by atoms with Gasteiger partial charge in [0, 0.05) is 19.4 Å². The number of carboxylic acid groups (broad SMARTS) is 2. The van der Waals surface area contributed by atoms with Gasteiger partial charge in [0.15, 0.2) is 0 Å². The summed E-state index contributed by atoms with van der Waals surface area (Å²) in [5, 5.41) is 23.3. The lowest BCUT2D eigenvalue weighted by atomic mass is 10.0. The molecular formula is C20H33N5O8. The molecule has 1 heterocycles. The van der Waals surface area contributed by atoms with E-state index in [1.54, 1.807) is 13.8 Å². The Morgan fingerprint density at radius 2 is 1.64 bits per heavy atom. The molecule has 1 aliphatic heterocycles. The number of primary amides is 1. The Labute approximate surface area is 191 Å². The monoisotopic (exact) mass is 471 g/mol. The Morgan fingerprint density at radius 1 is 1.00 bits per heavy atom. The number of carboxylic acids is 2. The fourth-order valence-corrected chi connectivity index (χ4v) is 3.50. The van der Waals surface area contributed by atoms with Gasteiger partial charge in [-0.2, -0.15) is 0 Å². The number of nitrogens with two attached hydrogens (primary N) is 2. The van der Waals surface area contributed by atoms with Crippen molar-refractivity contribution in [2.75, 3.05) is 6.54 Å². The highest BCUT2D eigenvalue weighted by Gasteiger charge is 2.38. The average Bonchev–Trinajstić information content (AvgIpc) is 3.22. The van der Waals surface area contributed by atoms with Crippen LogP contribution in [0.1, 0.15) is 52.4 Å². The Morgan fingerprint density at radius 3 is 2.15 bits per heavy atom. The van der Waals surface area contributed by atoms with Crippen LogP contribution in [0, 0.1) is 5.92 Å². The van der Waals surface area contributed by atoms with Crippen molar-refractivity contribution in [3.63, 3.8) is 0 Å². The van der Waals surface area contributed by atoms with Crippen molar-refractivity contribution in [2.45, 2.75) is 76.5 Å². The van der Waals surface area contributed by atoms with Crippen LogP contribution in [0.5, 0.6) is 0 Å². The Balaban J connectivity index is 2.96. The van der Waals surface area contributed by atoms with E-state index in [1.807, 2.05) is 0 Å². The molecule has 0 aromatic carbocycles. The van der Waals surface area contributed by atoms with Gasteiger partial charge in [0.1, 0.15) is 18.1 Å². The first-order valence-corrected chi connectivity index (χ1v) is 10.7. The number of aliphatic carboxylic acids is 2. The highest BCUT2D eigenvalue weighted by atomic mass is 16.4. The van der Waals surface area contributed by atoms with E-state index in [9.17, 15) is 33.9 Å². The normalized spacial score (nSPS) is 18.3. The molecule has 4 unspecified atom stereocenters. The Kier molecular flexibility index (Phi) is 10.7. The molecule has 8 N–H and O–H groups in total. The Bertz CT molecular complexity index is 772. The fourth-order valence-electron chi connectivity index (χ4n) is 3.50. The van der Waals surface area contributed by atoms with Crippen LogP contribution < -0.4 is 22.1 Å². The maximum atomic E-state index is 13.0. The number of hydrogen-bond donors (Lipinski definition) is 6. The van der Waals surface area contributed by atoms with Crippen LogP contribution in [-0.2, 0) is 28.8 Å².